The highest BCUT2D eigenvalue weighted by Crippen LogP contribution is 2.34. The average Bonchev–Trinajstić information content (AvgIpc) is 2.35. The number of nitrogens with zero attached hydrogens (tertiary/aromatic N) is 2. The Morgan fingerprint density at radius 1 is 1.32 bits per heavy atom. The maximum atomic E-state index is 6.32. The van der Waals surface area contributed by atoms with Crippen molar-refractivity contribution in [2.45, 2.75) is 19.0 Å². The molecule has 5 heteroatoms. The van der Waals surface area contributed by atoms with Crippen LogP contribution >= 0.6 is 23.2 Å². The van der Waals surface area contributed by atoms with Gasteiger partial charge in [0, 0.05) is 47.8 Å². The molecule has 1 fully saturated rings. The summed E-state index contributed by atoms with van der Waals surface area (Å²) in [6.07, 6.45) is 0. The van der Waals surface area contributed by atoms with E-state index >= 15 is 0 Å². The Balaban J connectivity index is 2.29. The van der Waals surface area contributed by atoms with Crippen LogP contribution in [0.15, 0.2) is 18.2 Å². The summed E-state index contributed by atoms with van der Waals surface area (Å²) in [5.74, 6) is 0. The van der Waals surface area contributed by atoms with Gasteiger partial charge in [0.15, 0.2) is 0 Å². The molecule has 2 N–H and O–H groups in total. The summed E-state index contributed by atoms with van der Waals surface area (Å²) < 4.78 is 0. The zero-order chi connectivity index (χ0) is 14.0. The Kier molecular flexibility index (Phi) is 5.09. The quantitative estimate of drug-likeness (QED) is 0.931. The molecule has 0 amide bonds. The smallest absolute Gasteiger partial charge is 0.0503 e. The molecule has 0 saturated carbocycles. The van der Waals surface area contributed by atoms with Crippen LogP contribution in [0.2, 0.25) is 10.0 Å². The van der Waals surface area contributed by atoms with Crippen molar-refractivity contribution in [2.75, 3.05) is 33.2 Å². The first-order valence-corrected chi connectivity index (χ1v) is 7.38. The van der Waals surface area contributed by atoms with E-state index in [4.69, 9.17) is 28.9 Å². The van der Waals surface area contributed by atoms with Crippen molar-refractivity contribution in [2.24, 2.45) is 5.73 Å². The predicted molar refractivity (Wildman–Crippen MR) is 81.9 cm³/mol. The van der Waals surface area contributed by atoms with Gasteiger partial charge in [0.25, 0.3) is 0 Å². The standard InChI is InChI=1S/C14H21Cl2N3/c1-10-9-18(2)6-7-19(10)13(8-17)14-11(15)4-3-5-12(14)16/h3-5,10,13H,6-9,17H2,1-2H3. The zero-order valence-electron chi connectivity index (χ0n) is 11.4. The Labute approximate surface area is 125 Å². The molecule has 0 aliphatic carbocycles. The first-order chi connectivity index (χ1) is 9.04. The van der Waals surface area contributed by atoms with Gasteiger partial charge in [0.1, 0.15) is 0 Å². The van der Waals surface area contributed by atoms with Crippen molar-refractivity contribution < 1.29 is 0 Å². The van der Waals surface area contributed by atoms with E-state index in [1.165, 1.54) is 0 Å². The number of nitrogens with two attached hydrogens (primary N) is 1. The molecular weight excluding hydrogens is 281 g/mol. The van der Waals surface area contributed by atoms with Gasteiger partial charge in [-0.1, -0.05) is 29.3 Å². The fourth-order valence-electron chi connectivity index (χ4n) is 2.86. The SMILES string of the molecule is CC1CN(C)CCN1C(CN)c1c(Cl)cccc1Cl. The van der Waals surface area contributed by atoms with Gasteiger partial charge in [-0.05, 0) is 26.1 Å². The molecular formula is C14H21Cl2N3. The fourth-order valence-corrected chi connectivity index (χ4v) is 3.51. The van der Waals surface area contributed by atoms with Gasteiger partial charge < -0.3 is 10.6 Å². The van der Waals surface area contributed by atoms with Crippen LogP contribution < -0.4 is 5.73 Å². The normalized spacial score (nSPS) is 23.5. The summed E-state index contributed by atoms with van der Waals surface area (Å²) in [6.45, 7) is 5.82. The minimum atomic E-state index is 0.0879. The van der Waals surface area contributed by atoms with Crippen LogP contribution in [0, 0.1) is 0 Å². The topological polar surface area (TPSA) is 32.5 Å². The molecule has 1 aliphatic rings. The summed E-state index contributed by atoms with van der Waals surface area (Å²) in [4.78, 5) is 4.75. The molecule has 3 nitrogen and oxygen atoms in total. The van der Waals surface area contributed by atoms with E-state index in [-0.39, 0.29) is 6.04 Å². The van der Waals surface area contributed by atoms with Gasteiger partial charge in [-0.2, -0.15) is 0 Å². The molecule has 1 saturated heterocycles. The molecule has 0 spiro atoms. The van der Waals surface area contributed by atoms with E-state index in [0.29, 0.717) is 22.6 Å². The second kappa shape index (κ2) is 6.42. The minimum Gasteiger partial charge on any atom is -0.329 e. The number of rotatable bonds is 3. The molecule has 1 aromatic carbocycles. The fraction of sp³-hybridized carbons (Fsp3) is 0.571. The highest BCUT2D eigenvalue weighted by atomic mass is 35.5. The summed E-state index contributed by atoms with van der Waals surface area (Å²) in [5, 5.41) is 1.41. The van der Waals surface area contributed by atoms with Crippen LogP contribution in [-0.4, -0.2) is 49.1 Å². The molecule has 0 bridgehead atoms. The Bertz CT molecular complexity index is 418. The van der Waals surface area contributed by atoms with Gasteiger partial charge in [-0.25, -0.2) is 0 Å². The lowest BCUT2D eigenvalue weighted by atomic mass is 10.0. The van der Waals surface area contributed by atoms with E-state index in [9.17, 15) is 0 Å². The largest absolute Gasteiger partial charge is 0.329 e. The molecule has 1 aromatic rings. The minimum absolute atomic E-state index is 0.0879. The van der Waals surface area contributed by atoms with Crippen molar-refractivity contribution in [1.29, 1.82) is 0 Å². The molecule has 1 heterocycles. The van der Waals surface area contributed by atoms with Crippen molar-refractivity contribution >= 4 is 23.2 Å². The lowest BCUT2D eigenvalue weighted by Gasteiger charge is -2.43. The first kappa shape index (κ1) is 15.1. The monoisotopic (exact) mass is 301 g/mol. The molecule has 2 atom stereocenters. The molecule has 2 unspecified atom stereocenters. The lowest BCUT2D eigenvalue weighted by molar-refractivity contribution is 0.0636. The second-order valence-electron chi connectivity index (χ2n) is 5.24. The van der Waals surface area contributed by atoms with Gasteiger partial charge in [-0.15, -0.1) is 0 Å². The number of halogens is 2. The molecule has 0 radical (unpaired) electrons. The first-order valence-electron chi connectivity index (χ1n) is 6.63. The predicted octanol–water partition coefficient (Wildman–Crippen LogP) is 2.63. The average molecular weight is 302 g/mol. The van der Waals surface area contributed by atoms with Gasteiger partial charge >= 0.3 is 0 Å². The molecule has 19 heavy (non-hydrogen) atoms. The van der Waals surface area contributed by atoms with Crippen LogP contribution in [0.4, 0.5) is 0 Å². The highest BCUT2D eigenvalue weighted by Gasteiger charge is 2.30. The van der Waals surface area contributed by atoms with Crippen molar-refractivity contribution in [3.05, 3.63) is 33.8 Å². The number of hydrogen-bond donors (Lipinski definition) is 1. The van der Waals surface area contributed by atoms with Crippen molar-refractivity contribution in [3.8, 4) is 0 Å². The number of hydrogen-bond acceptors (Lipinski definition) is 3. The number of benzene rings is 1. The van der Waals surface area contributed by atoms with Gasteiger partial charge in [0.2, 0.25) is 0 Å². The summed E-state index contributed by atoms with van der Waals surface area (Å²) in [5.41, 5.74) is 6.96. The number of piperazine rings is 1. The molecule has 1 aliphatic heterocycles. The van der Waals surface area contributed by atoms with Crippen LogP contribution in [0.3, 0.4) is 0 Å². The van der Waals surface area contributed by atoms with Crippen molar-refractivity contribution in [3.63, 3.8) is 0 Å². The highest BCUT2D eigenvalue weighted by molar-refractivity contribution is 6.36. The summed E-state index contributed by atoms with van der Waals surface area (Å²) in [6, 6.07) is 6.16. The van der Waals surface area contributed by atoms with Crippen LogP contribution in [0.5, 0.6) is 0 Å². The lowest BCUT2D eigenvalue weighted by Crippen LogP contribution is -2.52. The molecule has 2 rings (SSSR count). The maximum Gasteiger partial charge on any atom is 0.0503 e. The second-order valence-corrected chi connectivity index (χ2v) is 6.05. The summed E-state index contributed by atoms with van der Waals surface area (Å²) >= 11 is 12.6. The van der Waals surface area contributed by atoms with E-state index in [1.807, 2.05) is 18.2 Å². The molecule has 106 valence electrons. The van der Waals surface area contributed by atoms with E-state index in [0.717, 1.165) is 25.2 Å². The van der Waals surface area contributed by atoms with Crippen LogP contribution in [0.1, 0.15) is 18.5 Å². The summed E-state index contributed by atoms with van der Waals surface area (Å²) in [7, 11) is 2.15. The molecule has 0 aromatic heterocycles. The third-order valence-electron chi connectivity index (χ3n) is 3.84. The van der Waals surface area contributed by atoms with Crippen molar-refractivity contribution in [1.82, 2.24) is 9.80 Å². The maximum absolute atomic E-state index is 6.32. The third-order valence-corrected chi connectivity index (χ3v) is 4.50. The van der Waals surface area contributed by atoms with Crippen LogP contribution in [0.25, 0.3) is 0 Å². The Morgan fingerprint density at radius 3 is 2.47 bits per heavy atom. The van der Waals surface area contributed by atoms with E-state index in [1.54, 1.807) is 0 Å². The van der Waals surface area contributed by atoms with Gasteiger partial charge in [-0.3, -0.25) is 4.90 Å². The van der Waals surface area contributed by atoms with E-state index in [2.05, 4.69) is 23.8 Å². The third kappa shape index (κ3) is 3.23. The Hall–Kier alpha value is -0.320. The van der Waals surface area contributed by atoms with E-state index < -0.39 is 0 Å². The number of likely N-dealkylation sites (N-methyl/N-ethyl adjacent to an activating group) is 1. The van der Waals surface area contributed by atoms with Gasteiger partial charge in [0.05, 0.1) is 6.04 Å². The Morgan fingerprint density at radius 2 is 1.95 bits per heavy atom. The van der Waals surface area contributed by atoms with Crippen LogP contribution in [-0.2, 0) is 0 Å². The zero-order valence-corrected chi connectivity index (χ0v) is 13.0.